The third-order valence-electron chi connectivity index (χ3n) is 3.08. The van der Waals surface area contributed by atoms with E-state index in [1.807, 2.05) is 12.1 Å². The van der Waals surface area contributed by atoms with Gasteiger partial charge in [0.25, 0.3) is 0 Å². The fourth-order valence-corrected chi connectivity index (χ4v) is 2.70. The zero-order valence-electron chi connectivity index (χ0n) is 10.1. The van der Waals surface area contributed by atoms with Crippen LogP contribution in [0.5, 0.6) is 0 Å². The Morgan fingerprint density at radius 2 is 2.00 bits per heavy atom. The van der Waals surface area contributed by atoms with Crippen molar-refractivity contribution in [1.82, 2.24) is 9.97 Å². The highest BCUT2D eigenvalue weighted by atomic mass is 127. The molecule has 0 unspecified atom stereocenters. The van der Waals surface area contributed by atoms with E-state index in [4.69, 9.17) is 0 Å². The Hall–Kier alpha value is -1.36. The van der Waals surface area contributed by atoms with E-state index in [9.17, 15) is 0 Å². The van der Waals surface area contributed by atoms with Crippen LogP contribution in [0.15, 0.2) is 42.5 Å². The zero-order valence-corrected chi connectivity index (χ0v) is 12.2. The van der Waals surface area contributed by atoms with Crippen molar-refractivity contribution in [2.75, 3.05) is 0 Å². The molecule has 1 N–H and O–H groups in total. The molecule has 0 aliphatic rings. The molecule has 1 aromatic heterocycles. The molecule has 1 heterocycles. The minimum absolute atomic E-state index is 0.947. The quantitative estimate of drug-likeness (QED) is 0.684. The maximum atomic E-state index is 4.66. The van der Waals surface area contributed by atoms with Crippen LogP contribution in [0.3, 0.4) is 0 Å². The van der Waals surface area contributed by atoms with Gasteiger partial charge in [0.2, 0.25) is 0 Å². The summed E-state index contributed by atoms with van der Waals surface area (Å²) in [6, 6.07) is 14.7. The number of hydrogen-bond donors (Lipinski definition) is 1. The molecule has 0 amide bonds. The number of imidazole rings is 1. The lowest BCUT2D eigenvalue weighted by Crippen LogP contribution is -1.83. The number of nitrogens with zero attached hydrogens (tertiary/aromatic N) is 1. The molecule has 3 rings (SSSR count). The summed E-state index contributed by atoms with van der Waals surface area (Å²) in [4.78, 5) is 8.07. The number of H-pyrrole nitrogens is 1. The second-order valence-corrected chi connectivity index (χ2v) is 5.43. The lowest BCUT2D eigenvalue weighted by atomic mass is 10.1. The standard InChI is InChI=1S/C15H13IN2/c1-2-10-7-8-13-14(9-10)18-15(17-13)11-5-3-4-6-12(11)16/h3-9H,2H2,1H3,(H,17,18). The van der Waals surface area contributed by atoms with Crippen molar-refractivity contribution >= 4 is 33.6 Å². The van der Waals surface area contributed by atoms with Crippen molar-refractivity contribution in [1.29, 1.82) is 0 Å². The predicted octanol–water partition coefficient (Wildman–Crippen LogP) is 4.40. The number of hydrogen-bond acceptors (Lipinski definition) is 1. The molecule has 0 aliphatic carbocycles. The summed E-state index contributed by atoms with van der Waals surface area (Å²) in [5.74, 6) is 0.947. The molecule has 2 aromatic carbocycles. The maximum absolute atomic E-state index is 4.66. The molecule has 0 radical (unpaired) electrons. The Labute approximate surface area is 120 Å². The summed E-state index contributed by atoms with van der Waals surface area (Å²) in [6.45, 7) is 2.17. The SMILES string of the molecule is CCc1ccc2nc(-c3ccccc3I)[nH]c2c1. The van der Waals surface area contributed by atoms with Crippen LogP contribution in [0.1, 0.15) is 12.5 Å². The van der Waals surface area contributed by atoms with Gasteiger partial charge in [-0.2, -0.15) is 0 Å². The second-order valence-electron chi connectivity index (χ2n) is 4.27. The zero-order chi connectivity index (χ0) is 12.5. The Morgan fingerprint density at radius 3 is 2.78 bits per heavy atom. The molecular weight excluding hydrogens is 335 g/mol. The van der Waals surface area contributed by atoms with Crippen LogP contribution in [-0.2, 0) is 6.42 Å². The molecule has 3 aromatic rings. The lowest BCUT2D eigenvalue weighted by molar-refractivity contribution is 1.14. The summed E-state index contributed by atoms with van der Waals surface area (Å²) >= 11 is 2.34. The van der Waals surface area contributed by atoms with E-state index in [2.05, 4.69) is 69.8 Å². The topological polar surface area (TPSA) is 28.7 Å². The number of rotatable bonds is 2. The monoisotopic (exact) mass is 348 g/mol. The molecule has 0 saturated heterocycles. The fraction of sp³-hybridized carbons (Fsp3) is 0.133. The van der Waals surface area contributed by atoms with E-state index in [-0.39, 0.29) is 0 Å². The highest BCUT2D eigenvalue weighted by Gasteiger charge is 2.08. The van der Waals surface area contributed by atoms with Crippen LogP contribution in [0.4, 0.5) is 0 Å². The number of halogens is 1. The molecule has 90 valence electrons. The van der Waals surface area contributed by atoms with Crippen LogP contribution in [-0.4, -0.2) is 9.97 Å². The molecular formula is C15H13IN2. The normalized spacial score (nSPS) is 11.0. The second kappa shape index (κ2) is 4.72. The van der Waals surface area contributed by atoms with E-state index in [0.29, 0.717) is 0 Å². The molecule has 0 atom stereocenters. The highest BCUT2D eigenvalue weighted by molar-refractivity contribution is 14.1. The third-order valence-corrected chi connectivity index (χ3v) is 4.02. The molecule has 0 saturated carbocycles. The highest BCUT2D eigenvalue weighted by Crippen LogP contribution is 2.25. The van der Waals surface area contributed by atoms with E-state index in [1.165, 1.54) is 9.13 Å². The summed E-state index contributed by atoms with van der Waals surface area (Å²) in [6.07, 6.45) is 1.05. The van der Waals surface area contributed by atoms with Gasteiger partial charge in [-0.15, -0.1) is 0 Å². The van der Waals surface area contributed by atoms with Gasteiger partial charge in [0.15, 0.2) is 0 Å². The van der Waals surface area contributed by atoms with Crippen LogP contribution in [0.25, 0.3) is 22.4 Å². The maximum Gasteiger partial charge on any atom is 0.139 e. The Bertz CT molecular complexity index is 701. The van der Waals surface area contributed by atoms with Gasteiger partial charge in [-0.1, -0.05) is 31.2 Å². The summed E-state index contributed by atoms with van der Waals surface area (Å²) in [5.41, 5.74) is 4.64. The van der Waals surface area contributed by atoms with Crippen molar-refractivity contribution in [3.8, 4) is 11.4 Å². The number of aryl methyl sites for hydroxylation is 1. The van der Waals surface area contributed by atoms with Crippen LogP contribution in [0, 0.1) is 3.57 Å². The fourth-order valence-electron chi connectivity index (χ4n) is 2.06. The van der Waals surface area contributed by atoms with Gasteiger partial charge < -0.3 is 4.98 Å². The molecule has 0 fully saturated rings. The van der Waals surface area contributed by atoms with Gasteiger partial charge in [-0.05, 0) is 52.8 Å². The Kier molecular flexibility index (Phi) is 3.07. The number of aromatic amines is 1. The predicted molar refractivity (Wildman–Crippen MR) is 83.6 cm³/mol. The largest absolute Gasteiger partial charge is 0.338 e. The van der Waals surface area contributed by atoms with Crippen LogP contribution < -0.4 is 0 Å². The van der Waals surface area contributed by atoms with Gasteiger partial charge in [0, 0.05) is 9.13 Å². The summed E-state index contributed by atoms with van der Waals surface area (Å²) in [7, 11) is 0. The molecule has 0 bridgehead atoms. The van der Waals surface area contributed by atoms with E-state index in [1.54, 1.807) is 0 Å². The van der Waals surface area contributed by atoms with Gasteiger partial charge in [0.05, 0.1) is 11.0 Å². The average Bonchev–Trinajstić information content (AvgIpc) is 2.81. The van der Waals surface area contributed by atoms with Crippen molar-refractivity contribution in [2.45, 2.75) is 13.3 Å². The third kappa shape index (κ3) is 2.03. The van der Waals surface area contributed by atoms with Crippen molar-refractivity contribution < 1.29 is 0 Å². The summed E-state index contributed by atoms with van der Waals surface area (Å²) < 4.78 is 1.21. The minimum Gasteiger partial charge on any atom is -0.338 e. The molecule has 3 heteroatoms. The van der Waals surface area contributed by atoms with Crippen LogP contribution >= 0.6 is 22.6 Å². The van der Waals surface area contributed by atoms with Gasteiger partial charge in [-0.25, -0.2) is 4.98 Å². The molecule has 0 aliphatic heterocycles. The van der Waals surface area contributed by atoms with Gasteiger partial charge >= 0.3 is 0 Å². The Morgan fingerprint density at radius 1 is 1.17 bits per heavy atom. The van der Waals surface area contributed by atoms with Crippen molar-refractivity contribution in [3.05, 3.63) is 51.6 Å². The van der Waals surface area contributed by atoms with Crippen LogP contribution in [0.2, 0.25) is 0 Å². The summed E-state index contributed by atoms with van der Waals surface area (Å²) in [5, 5.41) is 0. The van der Waals surface area contributed by atoms with E-state index in [0.717, 1.165) is 28.8 Å². The van der Waals surface area contributed by atoms with Gasteiger partial charge in [0.1, 0.15) is 5.82 Å². The minimum atomic E-state index is 0.947. The number of nitrogens with one attached hydrogen (secondary N) is 1. The first-order chi connectivity index (χ1) is 8.78. The molecule has 0 spiro atoms. The average molecular weight is 348 g/mol. The van der Waals surface area contributed by atoms with Crippen molar-refractivity contribution in [3.63, 3.8) is 0 Å². The van der Waals surface area contributed by atoms with E-state index >= 15 is 0 Å². The molecule has 18 heavy (non-hydrogen) atoms. The smallest absolute Gasteiger partial charge is 0.139 e. The van der Waals surface area contributed by atoms with Crippen molar-refractivity contribution in [2.24, 2.45) is 0 Å². The van der Waals surface area contributed by atoms with Gasteiger partial charge in [-0.3, -0.25) is 0 Å². The van der Waals surface area contributed by atoms with E-state index < -0.39 is 0 Å². The number of aromatic nitrogens is 2. The number of benzene rings is 2. The molecule has 2 nitrogen and oxygen atoms in total. The first kappa shape index (κ1) is 11.7. The Balaban J connectivity index is 2.17. The first-order valence-corrected chi connectivity index (χ1v) is 7.09. The lowest BCUT2D eigenvalue weighted by Gasteiger charge is -1.98. The number of fused-ring (bicyclic) bond motifs is 1. The first-order valence-electron chi connectivity index (χ1n) is 6.01.